The average molecular weight is 738 g/mol. The predicted octanol–water partition coefficient (Wildman–Crippen LogP) is 6.23. The first-order valence-corrected chi connectivity index (χ1v) is 18.8. The van der Waals surface area contributed by atoms with Crippen molar-refractivity contribution in [2.45, 2.75) is 122 Å². The molecule has 260 valence electrons. The van der Waals surface area contributed by atoms with Crippen LogP contribution in [-0.2, 0) is 20.9 Å². The van der Waals surface area contributed by atoms with Crippen LogP contribution in [-0.4, -0.2) is 75.1 Å². The lowest BCUT2D eigenvalue weighted by Crippen LogP contribution is -2.59. The minimum Gasteiger partial charge on any atom is -0.493 e. The molecule has 1 aromatic carbocycles. The maximum atomic E-state index is 14.5. The number of halogens is 2. The normalized spacial score (nSPS) is 19.3. The first-order chi connectivity index (χ1) is 22.3. The van der Waals surface area contributed by atoms with Crippen molar-refractivity contribution in [1.82, 2.24) is 20.5 Å². The molecule has 3 amide bonds. The third kappa shape index (κ3) is 10.2. The van der Waals surface area contributed by atoms with Gasteiger partial charge in [0.1, 0.15) is 17.8 Å². The molecule has 2 aliphatic rings. The van der Waals surface area contributed by atoms with E-state index in [1.165, 1.54) is 37.0 Å². The average Bonchev–Trinajstić information content (AvgIpc) is 3.44. The Bertz CT molecular complexity index is 1380. The zero-order valence-electron chi connectivity index (χ0n) is 28.1. The number of nitrogens with one attached hydrogen (secondary N) is 2. The number of unbranched alkanes of at least 4 members (excludes halogenated alkanes) is 6. The number of carbonyl (C=O) groups is 3. The van der Waals surface area contributed by atoms with Gasteiger partial charge in [0.05, 0.1) is 28.8 Å². The molecule has 4 rings (SSSR count). The summed E-state index contributed by atoms with van der Waals surface area (Å²) in [5.41, 5.74) is 1.87. The van der Waals surface area contributed by atoms with E-state index < -0.39 is 47.0 Å². The third-order valence-electron chi connectivity index (χ3n) is 8.91. The number of nitrogens with zero attached hydrogens (tertiary/aromatic N) is 2. The van der Waals surface area contributed by atoms with Crippen LogP contribution >= 0.6 is 27.3 Å². The van der Waals surface area contributed by atoms with Crippen LogP contribution in [0.15, 0.2) is 23.7 Å². The monoisotopic (exact) mass is 736 g/mol. The molecule has 47 heavy (non-hydrogen) atoms. The molecule has 3 atom stereocenters. The number of aliphatic hydroxyl groups is 1. The molecule has 3 N–H and O–H groups in total. The minimum atomic E-state index is -1.94. The highest BCUT2D eigenvalue weighted by molar-refractivity contribution is 9.09. The topological polar surface area (TPSA) is 121 Å². The smallest absolute Gasteiger partial charge is 0.258 e. The van der Waals surface area contributed by atoms with E-state index in [-0.39, 0.29) is 32.4 Å². The molecule has 0 bridgehead atoms. The third-order valence-corrected chi connectivity index (χ3v) is 10.5. The molecule has 12 heteroatoms. The summed E-state index contributed by atoms with van der Waals surface area (Å²) < 4.78 is 20.8. The fourth-order valence-corrected chi connectivity index (χ4v) is 7.03. The Morgan fingerprint density at radius 2 is 1.83 bits per heavy atom. The number of thiazole rings is 1. The van der Waals surface area contributed by atoms with Gasteiger partial charge in [-0.15, -0.1) is 11.3 Å². The number of ether oxygens (including phenoxy) is 1. The van der Waals surface area contributed by atoms with Gasteiger partial charge in [-0.2, -0.15) is 0 Å². The number of hydrogen-bond acceptors (Lipinski definition) is 7. The van der Waals surface area contributed by atoms with Gasteiger partial charge in [-0.1, -0.05) is 80.9 Å². The van der Waals surface area contributed by atoms with Crippen LogP contribution < -0.4 is 15.4 Å². The number of rotatable bonds is 17. The summed E-state index contributed by atoms with van der Waals surface area (Å²) in [5.74, 6) is -1.04. The number of β-amino-alcohol motifs (C(OH)–C–C–N with tert-alkyl or cyclic N) is 1. The van der Waals surface area contributed by atoms with Gasteiger partial charge >= 0.3 is 0 Å². The van der Waals surface area contributed by atoms with Crippen molar-refractivity contribution >= 4 is 45.0 Å². The van der Waals surface area contributed by atoms with Crippen molar-refractivity contribution in [2.24, 2.45) is 5.41 Å². The van der Waals surface area contributed by atoms with Gasteiger partial charge < -0.3 is 25.4 Å². The summed E-state index contributed by atoms with van der Waals surface area (Å²) in [6.45, 7) is 7.99. The summed E-state index contributed by atoms with van der Waals surface area (Å²) in [5, 5.41) is 17.1. The van der Waals surface area contributed by atoms with Crippen molar-refractivity contribution in [3.63, 3.8) is 0 Å². The van der Waals surface area contributed by atoms with Gasteiger partial charge in [0.2, 0.25) is 11.8 Å². The second-order valence-electron chi connectivity index (χ2n) is 14.0. The lowest BCUT2D eigenvalue weighted by atomic mass is 9.85. The van der Waals surface area contributed by atoms with Gasteiger partial charge in [0.15, 0.2) is 5.67 Å². The molecule has 1 saturated carbocycles. The minimum absolute atomic E-state index is 0.0477. The van der Waals surface area contributed by atoms with Crippen molar-refractivity contribution < 1.29 is 28.6 Å². The highest BCUT2D eigenvalue weighted by atomic mass is 79.9. The van der Waals surface area contributed by atoms with Gasteiger partial charge in [0, 0.05) is 30.4 Å². The Balaban J connectivity index is 1.41. The van der Waals surface area contributed by atoms with Crippen molar-refractivity contribution in [3.05, 3.63) is 35.0 Å². The van der Waals surface area contributed by atoms with Gasteiger partial charge in [0.25, 0.3) is 5.91 Å². The lowest BCUT2D eigenvalue weighted by molar-refractivity contribution is -0.145. The lowest BCUT2D eigenvalue weighted by Gasteiger charge is -2.35. The van der Waals surface area contributed by atoms with Crippen molar-refractivity contribution in [3.8, 4) is 16.2 Å². The Morgan fingerprint density at radius 3 is 2.45 bits per heavy atom. The molecule has 2 heterocycles. The summed E-state index contributed by atoms with van der Waals surface area (Å²) in [6.07, 6.45) is 7.55. The Kier molecular flexibility index (Phi) is 13.2. The number of likely N-dealkylation sites (tertiary alicyclic amines) is 1. The molecule has 2 fully saturated rings. The van der Waals surface area contributed by atoms with E-state index >= 15 is 0 Å². The van der Waals surface area contributed by atoms with E-state index in [1.54, 1.807) is 32.1 Å². The second-order valence-corrected chi connectivity index (χ2v) is 15.6. The second kappa shape index (κ2) is 16.7. The fourth-order valence-electron chi connectivity index (χ4n) is 5.84. The van der Waals surface area contributed by atoms with Crippen LogP contribution in [0, 0.1) is 12.3 Å². The Hall–Kier alpha value is -2.57. The number of amides is 3. The van der Waals surface area contributed by atoms with Gasteiger partial charge in [-0.05, 0) is 49.7 Å². The van der Waals surface area contributed by atoms with Crippen LogP contribution in [0.5, 0.6) is 5.75 Å². The molecule has 1 aliphatic carbocycles. The molecule has 9 nitrogen and oxygen atoms in total. The van der Waals surface area contributed by atoms with Gasteiger partial charge in [-0.3, -0.25) is 14.4 Å². The van der Waals surface area contributed by atoms with E-state index in [4.69, 9.17) is 4.74 Å². The summed E-state index contributed by atoms with van der Waals surface area (Å²) in [4.78, 5) is 46.7. The number of hydrogen-bond donors (Lipinski definition) is 3. The zero-order chi connectivity index (χ0) is 34.2. The Labute approximate surface area is 290 Å². The van der Waals surface area contributed by atoms with Crippen molar-refractivity contribution in [2.75, 3.05) is 18.5 Å². The van der Waals surface area contributed by atoms with E-state index in [2.05, 4.69) is 31.5 Å². The summed E-state index contributed by atoms with van der Waals surface area (Å²) >= 11 is 5.05. The summed E-state index contributed by atoms with van der Waals surface area (Å²) in [7, 11) is 0. The van der Waals surface area contributed by atoms with E-state index in [0.717, 1.165) is 39.9 Å². The number of aromatic nitrogens is 1. The molecular formula is C35H50BrFN4O5S. The van der Waals surface area contributed by atoms with Crippen LogP contribution in [0.1, 0.15) is 96.2 Å². The highest BCUT2D eigenvalue weighted by Gasteiger charge is 2.53. The molecule has 2 aromatic rings. The number of benzene rings is 1. The molecule has 1 aromatic heterocycles. The first-order valence-electron chi connectivity index (χ1n) is 16.8. The predicted molar refractivity (Wildman–Crippen MR) is 186 cm³/mol. The molecular weight excluding hydrogens is 687 g/mol. The van der Waals surface area contributed by atoms with E-state index in [0.29, 0.717) is 12.4 Å². The van der Waals surface area contributed by atoms with Crippen LogP contribution in [0.25, 0.3) is 10.4 Å². The fraction of sp³-hybridized carbons (Fsp3) is 0.657. The number of aryl methyl sites for hydroxylation is 1. The zero-order valence-corrected chi connectivity index (χ0v) is 30.5. The van der Waals surface area contributed by atoms with Gasteiger partial charge in [-0.25, -0.2) is 9.37 Å². The SMILES string of the molecule is Cc1ncsc1-c1ccc(CNC(=O)[C@@H]2C[C@@H](O)CN2C(=O)C(NC(=O)C2(F)CC2)C(C)(C)C)c(OCCCCCCCCCBr)c1. The Morgan fingerprint density at radius 1 is 1.15 bits per heavy atom. The van der Waals surface area contributed by atoms with Crippen LogP contribution in [0.2, 0.25) is 0 Å². The number of carbonyl (C=O) groups excluding carboxylic acids is 3. The molecule has 0 spiro atoms. The standard InChI is InChI=1S/C35H50BrFN4O5S/c1-23-29(47-22-39-23)24-12-13-25(28(18-24)46-17-11-9-7-5-6-8-10-16-36)20-38-31(43)27-19-26(42)21-41(27)32(44)30(34(2,3)4)40-33(45)35(37)14-15-35/h12-13,18,22,26-27,30,42H,5-11,14-17,19-21H2,1-4H3,(H,38,43)(H,40,45)/t26-,27+,30?/m1/s1. The van der Waals surface area contributed by atoms with Crippen LogP contribution in [0.4, 0.5) is 4.39 Å². The van der Waals surface area contributed by atoms with Crippen molar-refractivity contribution in [1.29, 1.82) is 0 Å². The maximum absolute atomic E-state index is 14.5. The molecule has 0 radical (unpaired) electrons. The molecule has 1 aliphatic heterocycles. The quantitative estimate of drug-likeness (QED) is 0.131. The first kappa shape index (κ1) is 37.3. The molecule has 1 unspecified atom stereocenters. The van der Waals surface area contributed by atoms with E-state index in [1.807, 2.05) is 30.6 Å². The number of aliphatic hydroxyl groups excluding tert-OH is 1. The van der Waals surface area contributed by atoms with Crippen LogP contribution in [0.3, 0.4) is 0 Å². The maximum Gasteiger partial charge on any atom is 0.258 e. The largest absolute Gasteiger partial charge is 0.493 e. The van der Waals surface area contributed by atoms with E-state index in [9.17, 15) is 23.9 Å². The number of alkyl halides is 2. The molecule has 1 saturated heterocycles. The summed E-state index contributed by atoms with van der Waals surface area (Å²) in [6, 6.07) is 3.94. The highest BCUT2D eigenvalue weighted by Crippen LogP contribution is 2.40.